The van der Waals surface area contributed by atoms with E-state index in [-0.39, 0.29) is 5.91 Å². The molecule has 39 heavy (non-hydrogen) atoms. The summed E-state index contributed by atoms with van der Waals surface area (Å²) in [6.45, 7) is 11.1. The van der Waals surface area contributed by atoms with Crippen LogP contribution in [0.2, 0.25) is 0 Å². The highest BCUT2D eigenvalue weighted by atomic mass is 16.2. The van der Waals surface area contributed by atoms with Crippen LogP contribution < -0.4 is 9.80 Å². The maximum atomic E-state index is 13.6. The number of terminal acetylenes is 1. The summed E-state index contributed by atoms with van der Waals surface area (Å²) in [6, 6.07) is 16.0. The summed E-state index contributed by atoms with van der Waals surface area (Å²) in [4.78, 5) is 30.9. The molecular weight excluding hydrogens is 486 g/mol. The lowest BCUT2D eigenvalue weighted by Gasteiger charge is -2.37. The van der Waals surface area contributed by atoms with Crippen LogP contribution in [-0.4, -0.2) is 78.0 Å². The monoisotopic (exact) mass is 519 g/mol. The average Bonchev–Trinajstić information content (AvgIpc) is 2.98. The summed E-state index contributed by atoms with van der Waals surface area (Å²) in [6.07, 6.45) is 7.32. The number of rotatable bonds is 5. The van der Waals surface area contributed by atoms with Gasteiger partial charge in [-0.2, -0.15) is 5.26 Å². The third kappa shape index (κ3) is 5.72. The molecule has 2 aromatic carbocycles. The van der Waals surface area contributed by atoms with Crippen molar-refractivity contribution < 1.29 is 4.79 Å². The van der Waals surface area contributed by atoms with Gasteiger partial charge < -0.3 is 14.7 Å². The largest absolute Gasteiger partial charge is 0.368 e. The zero-order valence-corrected chi connectivity index (χ0v) is 22.6. The Morgan fingerprint density at radius 2 is 1.67 bits per heavy atom. The Kier molecular flexibility index (Phi) is 7.76. The first-order chi connectivity index (χ1) is 19.0. The van der Waals surface area contributed by atoms with E-state index in [0.717, 1.165) is 55.1 Å². The molecule has 8 nitrogen and oxygen atoms in total. The van der Waals surface area contributed by atoms with E-state index in [1.807, 2.05) is 34.9 Å². The van der Waals surface area contributed by atoms with E-state index in [1.54, 1.807) is 12.3 Å². The van der Waals surface area contributed by atoms with E-state index in [2.05, 4.69) is 56.9 Å². The zero-order chi connectivity index (χ0) is 27.4. The van der Waals surface area contributed by atoms with Crippen LogP contribution in [0.25, 0.3) is 0 Å². The molecule has 5 rings (SSSR count). The summed E-state index contributed by atoms with van der Waals surface area (Å²) in [5, 5.41) is 9.13. The van der Waals surface area contributed by atoms with Crippen LogP contribution in [0.4, 0.5) is 11.6 Å². The molecule has 0 aliphatic carbocycles. The van der Waals surface area contributed by atoms with Gasteiger partial charge in [-0.05, 0) is 54.8 Å². The van der Waals surface area contributed by atoms with Crippen molar-refractivity contribution in [3.63, 3.8) is 0 Å². The number of hydrogen-bond acceptors (Lipinski definition) is 7. The van der Waals surface area contributed by atoms with Crippen LogP contribution >= 0.6 is 0 Å². The molecule has 3 aromatic rings. The molecule has 0 N–H and O–H groups in total. The smallest absolute Gasteiger partial charge is 0.254 e. The number of para-hydroxylation sites is 1. The van der Waals surface area contributed by atoms with Gasteiger partial charge in [-0.1, -0.05) is 24.1 Å². The van der Waals surface area contributed by atoms with Crippen LogP contribution in [-0.2, 0) is 6.54 Å². The van der Waals surface area contributed by atoms with Crippen LogP contribution in [0, 0.1) is 37.5 Å². The highest BCUT2D eigenvalue weighted by molar-refractivity contribution is 5.96. The van der Waals surface area contributed by atoms with Crippen LogP contribution in [0.15, 0.2) is 48.7 Å². The number of carbonyl (C=O) groups excluding carboxylic acids is 1. The van der Waals surface area contributed by atoms with Gasteiger partial charge in [0.15, 0.2) is 0 Å². The molecule has 2 aliphatic heterocycles. The van der Waals surface area contributed by atoms with Gasteiger partial charge in [0.2, 0.25) is 5.95 Å². The van der Waals surface area contributed by atoms with E-state index in [0.29, 0.717) is 37.8 Å². The molecule has 2 fully saturated rings. The molecule has 8 heteroatoms. The van der Waals surface area contributed by atoms with Crippen molar-refractivity contribution >= 4 is 17.5 Å². The fourth-order valence-electron chi connectivity index (χ4n) is 5.40. The van der Waals surface area contributed by atoms with Crippen molar-refractivity contribution in [3.8, 4) is 18.4 Å². The summed E-state index contributed by atoms with van der Waals surface area (Å²) in [7, 11) is 0. The van der Waals surface area contributed by atoms with E-state index in [1.165, 1.54) is 11.1 Å². The molecule has 0 saturated carbocycles. The standard InChI is InChI=1S/C31H33N7O/c1-4-25-7-5-6-8-29(25)36-13-11-35(12-14-36)22-26-20-28(24(3)19-23(26)2)30(39)37-15-17-38(18-16-37)31-33-10-9-27(21-32)34-31/h1,5-10,19-20H,11-18,22H2,2-3H3. The highest BCUT2D eigenvalue weighted by Crippen LogP contribution is 2.24. The quantitative estimate of drug-likeness (QED) is 0.479. The van der Waals surface area contributed by atoms with E-state index in [4.69, 9.17) is 11.7 Å². The average molecular weight is 520 g/mol. The van der Waals surface area contributed by atoms with E-state index in [9.17, 15) is 4.79 Å². The Balaban J connectivity index is 1.22. The second-order valence-electron chi connectivity index (χ2n) is 10.2. The van der Waals surface area contributed by atoms with Gasteiger partial charge in [0.25, 0.3) is 5.91 Å². The van der Waals surface area contributed by atoms with Gasteiger partial charge in [-0.25, -0.2) is 9.97 Å². The Morgan fingerprint density at radius 1 is 0.949 bits per heavy atom. The lowest BCUT2D eigenvalue weighted by molar-refractivity contribution is 0.0745. The molecule has 1 aromatic heterocycles. The number of anilines is 2. The molecule has 0 atom stereocenters. The fourth-order valence-corrected chi connectivity index (χ4v) is 5.40. The Morgan fingerprint density at radius 3 is 2.38 bits per heavy atom. The van der Waals surface area contributed by atoms with Crippen LogP contribution in [0.3, 0.4) is 0 Å². The second kappa shape index (κ2) is 11.6. The number of aryl methyl sites for hydroxylation is 2. The zero-order valence-electron chi connectivity index (χ0n) is 22.6. The van der Waals surface area contributed by atoms with Gasteiger partial charge in [-0.3, -0.25) is 9.69 Å². The summed E-state index contributed by atoms with van der Waals surface area (Å²) < 4.78 is 0. The number of nitrogens with zero attached hydrogens (tertiary/aromatic N) is 7. The number of nitriles is 1. The number of piperazine rings is 2. The van der Waals surface area contributed by atoms with Crippen LogP contribution in [0.1, 0.15) is 38.3 Å². The van der Waals surface area contributed by atoms with Crippen molar-refractivity contribution in [2.45, 2.75) is 20.4 Å². The lowest BCUT2D eigenvalue weighted by Crippen LogP contribution is -2.49. The van der Waals surface area contributed by atoms with Crippen molar-refractivity contribution in [2.24, 2.45) is 0 Å². The minimum atomic E-state index is 0.0656. The molecule has 0 unspecified atom stereocenters. The number of amides is 1. The first-order valence-corrected chi connectivity index (χ1v) is 13.4. The van der Waals surface area contributed by atoms with Gasteiger partial charge in [0.1, 0.15) is 11.8 Å². The molecule has 3 heterocycles. The topological polar surface area (TPSA) is 79.6 Å². The molecule has 2 saturated heterocycles. The molecule has 2 aliphatic rings. The van der Waals surface area contributed by atoms with Crippen LogP contribution in [0.5, 0.6) is 0 Å². The van der Waals surface area contributed by atoms with Crippen molar-refractivity contribution in [2.75, 3.05) is 62.2 Å². The van der Waals surface area contributed by atoms with Gasteiger partial charge >= 0.3 is 0 Å². The molecular formula is C31H33N7O. The third-order valence-corrected chi connectivity index (χ3v) is 7.69. The minimum Gasteiger partial charge on any atom is -0.368 e. The van der Waals surface area contributed by atoms with E-state index < -0.39 is 0 Å². The second-order valence-corrected chi connectivity index (χ2v) is 10.2. The maximum Gasteiger partial charge on any atom is 0.254 e. The normalized spacial score (nSPS) is 16.1. The molecule has 0 radical (unpaired) electrons. The summed E-state index contributed by atoms with van der Waals surface area (Å²) >= 11 is 0. The fraction of sp³-hybridized carbons (Fsp3) is 0.355. The number of hydrogen-bond donors (Lipinski definition) is 0. The third-order valence-electron chi connectivity index (χ3n) is 7.69. The Labute approximate surface area is 230 Å². The first-order valence-electron chi connectivity index (χ1n) is 13.4. The van der Waals surface area contributed by atoms with Gasteiger partial charge in [-0.15, -0.1) is 6.42 Å². The predicted molar refractivity (Wildman–Crippen MR) is 153 cm³/mol. The first kappa shape index (κ1) is 26.2. The van der Waals surface area contributed by atoms with E-state index >= 15 is 0 Å². The van der Waals surface area contributed by atoms with Crippen molar-refractivity contribution in [1.82, 2.24) is 19.8 Å². The predicted octanol–water partition coefficient (Wildman–Crippen LogP) is 3.23. The number of carbonyl (C=O) groups is 1. The lowest BCUT2D eigenvalue weighted by atomic mass is 9.98. The SMILES string of the molecule is C#Cc1ccccc1N1CCN(Cc2cc(C(=O)N3CCN(c4nccc(C#N)n4)CC3)c(C)cc2C)CC1. The number of aromatic nitrogens is 2. The van der Waals surface area contributed by atoms with Crippen molar-refractivity contribution in [3.05, 3.63) is 82.2 Å². The minimum absolute atomic E-state index is 0.0656. The summed E-state index contributed by atoms with van der Waals surface area (Å²) in [5.41, 5.74) is 6.60. The molecule has 0 spiro atoms. The molecule has 1 amide bonds. The highest BCUT2D eigenvalue weighted by Gasteiger charge is 2.26. The van der Waals surface area contributed by atoms with Gasteiger partial charge in [0, 0.05) is 76.2 Å². The maximum absolute atomic E-state index is 13.6. The van der Waals surface area contributed by atoms with Gasteiger partial charge in [0.05, 0.1) is 5.69 Å². The Hall–Kier alpha value is -4.40. The molecule has 0 bridgehead atoms. The van der Waals surface area contributed by atoms with Crippen molar-refractivity contribution in [1.29, 1.82) is 5.26 Å². The molecule has 198 valence electrons. The Bertz CT molecular complexity index is 1440. The summed E-state index contributed by atoms with van der Waals surface area (Å²) in [5.74, 6) is 3.41. The number of benzene rings is 2.